The second kappa shape index (κ2) is 6.38. The maximum atomic E-state index is 11.1. The first-order valence-corrected chi connectivity index (χ1v) is 5.86. The summed E-state index contributed by atoms with van der Waals surface area (Å²) in [5, 5.41) is 22.1. The minimum atomic E-state index is -0.410. The SMILES string of the molecule is CCN(CC)CCCc1ccc([O-])c([O])c1. The molecule has 0 atom stereocenters. The van der Waals surface area contributed by atoms with E-state index < -0.39 is 5.75 Å². The third-order valence-corrected chi connectivity index (χ3v) is 2.84. The van der Waals surface area contributed by atoms with Gasteiger partial charge in [0.15, 0.2) is 5.75 Å². The molecule has 0 saturated carbocycles. The van der Waals surface area contributed by atoms with Gasteiger partial charge in [0.25, 0.3) is 0 Å². The molecule has 1 aromatic rings. The van der Waals surface area contributed by atoms with Gasteiger partial charge in [0.05, 0.1) is 0 Å². The molecule has 1 aromatic carbocycles. The number of nitrogens with zero attached hydrogens (tertiary/aromatic N) is 1. The van der Waals surface area contributed by atoms with Gasteiger partial charge in [-0.25, -0.2) is 0 Å². The van der Waals surface area contributed by atoms with Crippen molar-refractivity contribution >= 4 is 0 Å². The molecule has 3 nitrogen and oxygen atoms in total. The Morgan fingerprint density at radius 1 is 1.25 bits per heavy atom. The first-order chi connectivity index (χ1) is 7.67. The van der Waals surface area contributed by atoms with Gasteiger partial charge in [-0.15, -0.1) is 0 Å². The summed E-state index contributed by atoms with van der Waals surface area (Å²) in [6, 6.07) is 4.59. The van der Waals surface area contributed by atoms with Gasteiger partial charge in [0.1, 0.15) is 0 Å². The zero-order valence-electron chi connectivity index (χ0n) is 10.0. The lowest BCUT2D eigenvalue weighted by molar-refractivity contribution is -0.270. The summed E-state index contributed by atoms with van der Waals surface area (Å²) >= 11 is 0. The highest BCUT2D eigenvalue weighted by Gasteiger charge is 2.01. The van der Waals surface area contributed by atoms with Crippen LogP contribution >= 0.6 is 0 Å². The Kier molecular flexibility index (Phi) is 5.12. The van der Waals surface area contributed by atoms with Crippen LogP contribution in [0.3, 0.4) is 0 Å². The fourth-order valence-electron chi connectivity index (χ4n) is 1.75. The molecule has 0 spiro atoms. The summed E-state index contributed by atoms with van der Waals surface area (Å²) in [6.07, 6.45) is 1.89. The predicted molar refractivity (Wildman–Crippen MR) is 62.1 cm³/mol. The molecular formula is C13H19NO2-. The van der Waals surface area contributed by atoms with Crippen LogP contribution in [0.15, 0.2) is 18.2 Å². The Labute approximate surface area is 97.3 Å². The topological polar surface area (TPSA) is 46.2 Å². The summed E-state index contributed by atoms with van der Waals surface area (Å²) in [6.45, 7) is 7.45. The molecular weight excluding hydrogens is 202 g/mol. The maximum absolute atomic E-state index is 11.1. The van der Waals surface area contributed by atoms with E-state index in [2.05, 4.69) is 18.7 Å². The highest BCUT2D eigenvalue weighted by atomic mass is 16.3. The molecule has 0 aromatic heterocycles. The van der Waals surface area contributed by atoms with Crippen LogP contribution in [0, 0.1) is 0 Å². The molecule has 0 heterocycles. The molecule has 3 heteroatoms. The van der Waals surface area contributed by atoms with Crippen LogP contribution in [0.2, 0.25) is 0 Å². The first-order valence-electron chi connectivity index (χ1n) is 5.86. The lowest BCUT2D eigenvalue weighted by Gasteiger charge is -2.17. The van der Waals surface area contributed by atoms with Gasteiger partial charge in [-0.3, -0.25) is 5.11 Å². The monoisotopic (exact) mass is 221 g/mol. The van der Waals surface area contributed by atoms with Crippen molar-refractivity contribution in [2.45, 2.75) is 26.7 Å². The Morgan fingerprint density at radius 3 is 2.50 bits per heavy atom. The van der Waals surface area contributed by atoms with Gasteiger partial charge < -0.3 is 10.0 Å². The third kappa shape index (κ3) is 3.74. The zero-order chi connectivity index (χ0) is 12.0. The Morgan fingerprint density at radius 2 is 1.94 bits per heavy atom. The van der Waals surface area contributed by atoms with Crippen LogP contribution in [0.4, 0.5) is 0 Å². The lowest BCUT2D eigenvalue weighted by Crippen LogP contribution is -2.24. The first kappa shape index (κ1) is 12.8. The molecule has 0 saturated heterocycles. The van der Waals surface area contributed by atoms with Crippen LogP contribution in [-0.2, 0) is 11.5 Å². The lowest BCUT2D eigenvalue weighted by atomic mass is 10.1. The molecule has 0 bridgehead atoms. The van der Waals surface area contributed by atoms with Crippen molar-refractivity contribution in [2.75, 3.05) is 19.6 Å². The third-order valence-electron chi connectivity index (χ3n) is 2.84. The van der Waals surface area contributed by atoms with E-state index in [1.807, 2.05) is 0 Å². The highest BCUT2D eigenvalue weighted by Crippen LogP contribution is 2.23. The molecule has 0 unspecified atom stereocenters. The number of hydrogen-bond donors (Lipinski definition) is 0. The molecule has 0 aliphatic heterocycles. The van der Waals surface area contributed by atoms with E-state index in [4.69, 9.17) is 0 Å². The standard InChI is InChI=1S/C13H20NO2/c1-3-14(4-2)9-5-6-11-7-8-12(15)13(16)10-11/h7-8,10,15H,3-6,9H2,1-2H3/p-1. The van der Waals surface area contributed by atoms with Gasteiger partial charge >= 0.3 is 0 Å². The molecule has 89 valence electrons. The van der Waals surface area contributed by atoms with E-state index in [1.54, 1.807) is 6.07 Å². The molecule has 0 fully saturated rings. The normalized spacial score (nSPS) is 10.9. The van der Waals surface area contributed by atoms with Crippen molar-refractivity contribution < 1.29 is 10.2 Å². The molecule has 0 aliphatic rings. The van der Waals surface area contributed by atoms with Crippen LogP contribution in [0.5, 0.6) is 11.5 Å². The second-order valence-corrected chi connectivity index (χ2v) is 3.91. The molecule has 0 N–H and O–H groups in total. The molecule has 16 heavy (non-hydrogen) atoms. The smallest absolute Gasteiger partial charge is 0.171 e. The summed E-state index contributed by atoms with van der Waals surface area (Å²) in [5.41, 5.74) is 0.969. The van der Waals surface area contributed by atoms with Crippen LogP contribution < -0.4 is 5.11 Å². The van der Waals surface area contributed by atoms with E-state index in [0.717, 1.165) is 38.0 Å². The summed E-state index contributed by atoms with van der Waals surface area (Å²) < 4.78 is 0. The van der Waals surface area contributed by atoms with Crippen molar-refractivity contribution in [3.8, 4) is 11.5 Å². The van der Waals surface area contributed by atoms with Crippen molar-refractivity contribution in [1.29, 1.82) is 0 Å². The van der Waals surface area contributed by atoms with Gasteiger partial charge in [-0.1, -0.05) is 31.7 Å². The number of rotatable bonds is 6. The Balaban J connectivity index is 2.40. The average molecular weight is 221 g/mol. The maximum Gasteiger partial charge on any atom is 0.171 e. The van der Waals surface area contributed by atoms with Crippen LogP contribution in [0.25, 0.3) is 0 Å². The number of hydrogen-bond acceptors (Lipinski definition) is 2. The zero-order valence-corrected chi connectivity index (χ0v) is 10.0. The minimum absolute atomic E-state index is 0.389. The number of benzene rings is 1. The van der Waals surface area contributed by atoms with Crippen molar-refractivity contribution in [2.24, 2.45) is 0 Å². The van der Waals surface area contributed by atoms with Crippen molar-refractivity contribution in [3.05, 3.63) is 23.8 Å². The van der Waals surface area contributed by atoms with Crippen LogP contribution in [0.1, 0.15) is 25.8 Å². The van der Waals surface area contributed by atoms with Gasteiger partial charge in [-0.05, 0) is 44.1 Å². The summed E-state index contributed by atoms with van der Waals surface area (Å²) in [7, 11) is 0. The van der Waals surface area contributed by atoms with Gasteiger partial charge in [0, 0.05) is 0 Å². The Hall–Kier alpha value is -1.22. The van der Waals surface area contributed by atoms with Crippen molar-refractivity contribution in [1.82, 2.24) is 4.90 Å². The van der Waals surface area contributed by atoms with Crippen molar-refractivity contribution in [3.63, 3.8) is 0 Å². The predicted octanol–water partition coefficient (Wildman–Crippen LogP) is 2.18. The van der Waals surface area contributed by atoms with E-state index in [1.165, 1.54) is 12.1 Å². The summed E-state index contributed by atoms with van der Waals surface area (Å²) in [4.78, 5) is 2.35. The minimum Gasteiger partial charge on any atom is -0.870 e. The van der Waals surface area contributed by atoms with E-state index in [9.17, 15) is 10.2 Å². The highest BCUT2D eigenvalue weighted by molar-refractivity contribution is 5.39. The van der Waals surface area contributed by atoms with Gasteiger partial charge in [-0.2, -0.15) is 0 Å². The van der Waals surface area contributed by atoms with Gasteiger partial charge in [0.2, 0.25) is 0 Å². The molecule has 0 amide bonds. The number of aryl methyl sites for hydroxylation is 1. The van der Waals surface area contributed by atoms with Crippen LogP contribution in [-0.4, -0.2) is 24.5 Å². The average Bonchev–Trinajstić information content (AvgIpc) is 2.29. The Bertz CT molecular complexity index is 322. The molecule has 1 radical (unpaired) electrons. The quantitative estimate of drug-likeness (QED) is 0.739. The molecule has 0 aliphatic carbocycles. The van der Waals surface area contributed by atoms with E-state index in [-0.39, 0.29) is 5.75 Å². The summed E-state index contributed by atoms with van der Waals surface area (Å²) in [5.74, 6) is -0.798. The largest absolute Gasteiger partial charge is 0.870 e. The second-order valence-electron chi connectivity index (χ2n) is 3.91. The van der Waals surface area contributed by atoms with E-state index >= 15 is 0 Å². The fourth-order valence-corrected chi connectivity index (χ4v) is 1.75. The fraction of sp³-hybridized carbons (Fsp3) is 0.538. The molecule has 1 rings (SSSR count). The van der Waals surface area contributed by atoms with E-state index in [0.29, 0.717) is 0 Å².